The van der Waals surface area contributed by atoms with Gasteiger partial charge in [0.05, 0.1) is 12.2 Å². The second kappa shape index (κ2) is 9.15. The summed E-state index contributed by atoms with van der Waals surface area (Å²) in [6, 6.07) is 19.3. The van der Waals surface area contributed by atoms with Crippen molar-refractivity contribution < 1.29 is 13.2 Å². The van der Waals surface area contributed by atoms with Gasteiger partial charge in [-0.3, -0.25) is 0 Å². The number of sulfonamides is 1. The largest absolute Gasteiger partial charge is 0.472 e. The molecule has 0 unspecified atom stereocenters. The SMILES string of the molecule is Cc1ccc(O[C@@H]2CCN(c3ccc(-c4ccccc4)cc3S(=O)(=O)NC(C)(C)C)C2)nc1. The van der Waals surface area contributed by atoms with Gasteiger partial charge in [0.25, 0.3) is 0 Å². The zero-order valence-electron chi connectivity index (χ0n) is 19.6. The first kappa shape index (κ1) is 23.3. The van der Waals surface area contributed by atoms with E-state index in [-0.39, 0.29) is 11.0 Å². The fourth-order valence-electron chi connectivity index (χ4n) is 4.00. The fraction of sp³-hybridized carbons (Fsp3) is 0.346. The Balaban J connectivity index is 1.65. The number of benzene rings is 2. The van der Waals surface area contributed by atoms with Crippen molar-refractivity contribution in [1.29, 1.82) is 0 Å². The number of rotatable bonds is 6. The lowest BCUT2D eigenvalue weighted by atomic mass is 10.1. The van der Waals surface area contributed by atoms with E-state index in [0.717, 1.165) is 23.1 Å². The van der Waals surface area contributed by atoms with Crippen LogP contribution in [0, 0.1) is 6.92 Å². The topological polar surface area (TPSA) is 71.5 Å². The number of pyridine rings is 1. The molecule has 4 rings (SSSR count). The lowest BCUT2D eigenvalue weighted by Gasteiger charge is -2.26. The molecule has 1 aliphatic heterocycles. The molecule has 1 aromatic heterocycles. The van der Waals surface area contributed by atoms with Crippen LogP contribution in [0.2, 0.25) is 0 Å². The summed E-state index contributed by atoms with van der Waals surface area (Å²) in [5.74, 6) is 0.592. The molecule has 174 valence electrons. The number of aromatic nitrogens is 1. The highest BCUT2D eigenvalue weighted by Gasteiger charge is 2.31. The molecule has 0 spiro atoms. The van der Waals surface area contributed by atoms with Crippen molar-refractivity contribution in [2.24, 2.45) is 0 Å². The average Bonchev–Trinajstić information content (AvgIpc) is 3.22. The Morgan fingerprint density at radius 1 is 1.03 bits per heavy atom. The van der Waals surface area contributed by atoms with Crippen LogP contribution in [-0.4, -0.2) is 38.1 Å². The van der Waals surface area contributed by atoms with E-state index in [1.165, 1.54) is 0 Å². The highest BCUT2D eigenvalue weighted by molar-refractivity contribution is 7.89. The van der Waals surface area contributed by atoms with Gasteiger partial charge in [-0.15, -0.1) is 0 Å². The number of anilines is 1. The van der Waals surface area contributed by atoms with Crippen molar-refractivity contribution in [3.8, 4) is 17.0 Å². The van der Waals surface area contributed by atoms with Crippen LogP contribution < -0.4 is 14.4 Å². The second-order valence-corrected chi connectivity index (χ2v) is 11.2. The number of ether oxygens (including phenoxy) is 1. The van der Waals surface area contributed by atoms with Crippen molar-refractivity contribution in [3.63, 3.8) is 0 Å². The van der Waals surface area contributed by atoms with Crippen molar-refractivity contribution in [1.82, 2.24) is 9.71 Å². The maximum absolute atomic E-state index is 13.4. The molecule has 7 heteroatoms. The van der Waals surface area contributed by atoms with Crippen molar-refractivity contribution in [2.75, 3.05) is 18.0 Å². The molecule has 1 N–H and O–H groups in total. The molecule has 1 aliphatic rings. The highest BCUT2D eigenvalue weighted by atomic mass is 32.2. The van der Waals surface area contributed by atoms with E-state index in [9.17, 15) is 8.42 Å². The smallest absolute Gasteiger partial charge is 0.243 e. The Kier molecular flexibility index (Phi) is 6.45. The van der Waals surface area contributed by atoms with Crippen LogP contribution in [0.3, 0.4) is 0 Å². The van der Waals surface area contributed by atoms with Crippen LogP contribution in [0.25, 0.3) is 11.1 Å². The van der Waals surface area contributed by atoms with E-state index in [1.54, 1.807) is 12.3 Å². The fourth-order valence-corrected chi connectivity index (χ4v) is 5.67. The predicted molar refractivity (Wildman–Crippen MR) is 132 cm³/mol. The van der Waals surface area contributed by atoms with Gasteiger partial charge in [0.15, 0.2) is 0 Å². The minimum Gasteiger partial charge on any atom is -0.472 e. The molecule has 33 heavy (non-hydrogen) atoms. The van der Waals surface area contributed by atoms with Gasteiger partial charge >= 0.3 is 0 Å². The predicted octanol–water partition coefficient (Wildman–Crippen LogP) is 4.79. The Labute approximate surface area is 196 Å². The molecular formula is C26H31N3O3S. The van der Waals surface area contributed by atoms with Crippen LogP contribution in [0.15, 0.2) is 71.8 Å². The number of hydrogen-bond donors (Lipinski definition) is 1. The number of nitrogens with one attached hydrogen (secondary N) is 1. The molecule has 2 aromatic carbocycles. The van der Waals surface area contributed by atoms with E-state index in [0.29, 0.717) is 24.7 Å². The van der Waals surface area contributed by atoms with Crippen molar-refractivity contribution in [2.45, 2.75) is 50.7 Å². The lowest BCUT2D eigenvalue weighted by molar-refractivity contribution is 0.216. The maximum atomic E-state index is 13.4. The first-order valence-corrected chi connectivity index (χ1v) is 12.7. The zero-order chi connectivity index (χ0) is 23.6. The Hall–Kier alpha value is -2.90. The van der Waals surface area contributed by atoms with E-state index in [1.807, 2.05) is 82.3 Å². The van der Waals surface area contributed by atoms with E-state index < -0.39 is 15.6 Å². The summed E-state index contributed by atoms with van der Waals surface area (Å²) in [6.45, 7) is 8.83. The highest BCUT2D eigenvalue weighted by Crippen LogP contribution is 2.34. The molecular weight excluding hydrogens is 434 g/mol. The minimum absolute atomic E-state index is 0.0554. The Bertz CT molecular complexity index is 1200. The first-order chi connectivity index (χ1) is 15.6. The van der Waals surface area contributed by atoms with Gasteiger partial charge in [0.1, 0.15) is 11.0 Å². The normalized spacial score (nSPS) is 16.7. The first-order valence-electron chi connectivity index (χ1n) is 11.2. The number of aryl methyl sites for hydroxylation is 1. The monoisotopic (exact) mass is 465 g/mol. The summed E-state index contributed by atoms with van der Waals surface area (Å²) in [7, 11) is -3.74. The average molecular weight is 466 g/mol. The van der Waals surface area contributed by atoms with Crippen molar-refractivity contribution >= 4 is 15.7 Å². The van der Waals surface area contributed by atoms with Gasteiger partial charge in [-0.25, -0.2) is 18.1 Å². The molecule has 0 radical (unpaired) electrons. The summed E-state index contributed by atoms with van der Waals surface area (Å²) >= 11 is 0. The molecule has 0 saturated carbocycles. The van der Waals surface area contributed by atoms with Gasteiger partial charge in [0, 0.05) is 30.8 Å². The van der Waals surface area contributed by atoms with Crippen LogP contribution in [0.4, 0.5) is 5.69 Å². The molecule has 1 atom stereocenters. The summed E-state index contributed by atoms with van der Waals surface area (Å²) in [5.41, 5.74) is 3.02. The van der Waals surface area contributed by atoms with Crippen LogP contribution >= 0.6 is 0 Å². The third kappa shape index (κ3) is 5.72. The van der Waals surface area contributed by atoms with E-state index >= 15 is 0 Å². The molecule has 0 bridgehead atoms. The summed E-state index contributed by atoms with van der Waals surface area (Å²) < 4.78 is 35.7. The summed E-state index contributed by atoms with van der Waals surface area (Å²) in [5, 5.41) is 0. The summed E-state index contributed by atoms with van der Waals surface area (Å²) in [6.07, 6.45) is 2.52. The molecule has 0 aliphatic carbocycles. The van der Waals surface area contributed by atoms with Gasteiger partial charge in [-0.1, -0.05) is 42.5 Å². The molecule has 3 aromatic rings. The Morgan fingerprint density at radius 3 is 2.45 bits per heavy atom. The molecule has 1 fully saturated rings. The van der Waals surface area contributed by atoms with Crippen LogP contribution in [-0.2, 0) is 10.0 Å². The van der Waals surface area contributed by atoms with Crippen LogP contribution in [0.5, 0.6) is 5.88 Å². The van der Waals surface area contributed by atoms with Gasteiger partial charge in [0.2, 0.25) is 15.9 Å². The maximum Gasteiger partial charge on any atom is 0.243 e. The third-order valence-corrected chi connectivity index (χ3v) is 7.24. The molecule has 6 nitrogen and oxygen atoms in total. The molecule has 1 saturated heterocycles. The molecule has 0 amide bonds. The summed E-state index contributed by atoms with van der Waals surface area (Å²) in [4.78, 5) is 6.71. The van der Waals surface area contributed by atoms with Gasteiger partial charge in [-0.05, 0) is 56.5 Å². The Morgan fingerprint density at radius 2 is 1.79 bits per heavy atom. The van der Waals surface area contributed by atoms with E-state index in [2.05, 4.69) is 14.6 Å². The quantitative estimate of drug-likeness (QED) is 0.567. The standard InChI is InChI=1S/C26H31N3O3S/c1-19-10-13-25(27-17-19)32-22-14-15-29(18-22)23-12-11-21(20-8-6-5-7-9-20)16-24(23)33(30,31)28-26(2,3)4/h5-13,16-17,22,28H,14-15,18H2,1-4H3/t22-/m1/s1. The van der Waals surface area contributed by atoms with E-state index in [4.69, 9.17) is 4.74 Å². The minimum atomic E-state index is -3.74. The number of nitrogens with zero attached hydrogens (tertiary/aromatic N) is 2. The van der Waals surface area contributed by atoms with Gasteiger partial charge < -0.3 is 9.64 Å². The van der Waals surface area contributed by atoms with Crippen molar-refractivity contribution in [3.05, 3.63) is 72.4 Å². The lowest BCUT2D eigenvalue weighted by Crippen LogP contribution is -2.41. The van der Waals surface area contributed by atoms with Gasteiger partial charge in [-0.2, -0.15) is 0 Å². The second-order valence-electron chi connectivity index (χ2n) is 9.55. The third-order valence-electron chi connectivity index (χ3n) is 5.45. The van der Waals surface area contributed by atoms with Crippen LogP contribution in [0.1, 0.15) is 32.8 Å². The molecule has 2 heterocycles. The zero-order valence-corrected chi connectivity index (χ0v) is 20.4. The number of hydrogen-bond acceptors (Lipinski definition) is 5.